The van der Waals surface area contributed by atoms with E-state index in [1.807, 2.05) is 6.92 Å². The number of carbonyl (C=O) groups is 1. The first-order valence-electron chi connectivity index (χ1n) is 10.4. The molecule has 4 aromatic rings. The summed E-state index contributed by atoms with van der Waals surface area (Å²) in [4.78, 5) is 30.8. The second-order valence-corrected chi connectivity index (χ2v) is 9.73. The predicted molar refractivity (Wildman–Crippen MR) is 128 cm³/mol. The van der Waals surface area contributed by atoms with Crippen molar-refractivity contribution in [3.05, 3.63) is 46.4 Å². The first-order valence-corrected chi connectivity index (χ1v) is 11.6. The van der Waals surface area contributed by atoms with Gasteiger partial charge in [-0.05, 0) is 45.8 Å². The first-order chi connectivity index (χ1) is 15.9. The Morgan fingerprint density at radius 3 is 2.64 bits per heavy atom. The lowest BCUT2D eigenvalue weighted by molar-refractivity contribution is 0.261. The van der Waals surface area contributed by atoms with Gasteiger partial charge in [-0.1, -0.05) is 22.9 Å². The number of hydrogen-bond acceptors (Lipinski definition) is 8. The summed E-state index contributed by atoms with van der Waals surface area (Å²) in [5, 5.41) is 15.1. The van der Waals surface area contributed by atoms with Crippen LogP contribution in [-0.4, -0.2) is 55.0 Å². The number of aromatic nitrogens is 6. The number of fused-ring (bicyclic) bond motifs is 1. The summed E-state index contributed by atoms with van der Waals surface area (Å²) in [6.07, 6.45) is 8.60. The van der Waals surface area contributed by atoms with Crippen molar-refractivity contribution in [1.29, 1.82) is 0 Å². The minimum Gasteiger partial charge on any atom is -0.306 e. The van der Waals surface area contributed by atoms with Crippen LogP contribution in [0, 0.1) is 12.8 Å². The van der Waals surface area contributed by atoms with E-state index in [1.54, 1.807) is 23.6 Å². The first kappa shape index (κ1) is 21.7. The van der Waals surface area contributed by atoms with Crippen LogP contribution in [0.4, 0.5) is 16.2 Å². The van der Waals surface area contributed by atoms with Gasteiger partial charge >= 0.3 is 6.03 Å². The molecule has 12 heteroatoms. The number of nitrogens with one attached hydrogen (secondary N) is 2. The maximum atomic E-state index is 12.9. The number of rotatable bonds is 6. The van der Waals surface area contributed by atoms with Crippen LogP contribution in [0.25, 0.3) is 16.2 Å². The Balaban J connectivity index is 1.42. The van der Waals surface area contributed by atoms with Crippen molar-refractivity contribution >= 4 is 50.7 Å². The zero-order valence-corrected chi connectivity index (χ0v) is 19.9. The van der Waals surface area contributed by atoms with Crippen LogP contribution in [0.2, 0.25) is 5.02 Å². The number of aryl methyl sites for hydroxylation is 1. The monoisotopic (exact) mass is 483 g/mol. The van der Waals surface area contributed by atoms with Crippen molar-refractivity contribution in [2.75, 3.05) is 24.7 Å². The van der Waals surface area contributed by atoms with Crippen molar-refractivity contribution in [2.45, 2.75) is 25.8 Å². The molecule has 2 N–H and O–H groups in total. The number of carbonyl (C=O) groups excluding carboxylic acids is 1. The van der Waals surface area contributed by atoms with Gasteiger partial charge in [0.15, 0.2) is 5.82 Å². The van der Waals surface area contributed by atoms with Crippen LogP contribution in [0.15, 0.2) is 30.9 Å². The Kier molecular flexibility index (Phi) is 5.69. The standard InChI is InChI=1S/C21H22ClN9OS/c1-11-27-17-16(18(30(2)3)12-4-5-12)15(10-24-20(17)33-11)29-21(32)28-13-8-14(22)19(23-9-13)31-25-6-7-26-31/h6-10,12,18H,4-5H2,1-3H3,(H2,28,29,32). The Morgan fingerprint density at radius 2 is 1.97 bits per heavy atom. The molecule has 0 spiro atoms. The Hall–Kier alpha value is -3.15. The van der Waals surface area contributed by atoms with Crippen LogP contribution in [0.3, 0.4) is 0 Å². The molecule has 1 atom stereocenters. The molecule has 1 unspecified atom stereocenters. The van der Waals surface area contributed by atoms with E-state index in [0.717, 1.165) is 33.8 Å². The van der Waals surface area contributed by atoms with Gasteiger partial charge in [-0.25, -0.2) is 19.7 Å². The lowest BCUT2D eigenvalue weighted by Crippen LogP contribution is -2.26. The summed E-state index contributed by atoms with van der Waals surface area (Å²) in [6, 6.07) is 1.33. The highest BCUT2D eigenvalue weighted by Crippen LogP contribution is 2.47. The number of thiazole rings is 1. The molecule has 4 heterocycles. The zero-order valence-electron chi connectivity index (χ0n) is 18.3. The third-order valence-corrected chi connectivity index (χ3v) is 6.59. The number of amides is 2. The third kappa shape index (κ3) is 4.39. The van der Waals surface area contributed by atoms with E-state index < -0.39 is 6.03 Å². The molecule has 0 radical (unpaired) electrons. The van der Waals surface area contributed by atoms with Gasteiger partial charge in [0, 0.05) is 11.6 Å². The van der Waals surface area contributed by atoms with Gasteiger partial charge in [0.2, 0.25) is 0 Å². The van der Waals surface area contributed by atoms with Gasteiger partial charge in [-0.2, -0.15) is 10.2 Å². The molecule has 0 aliphatic heterocycles. The molecule has 2 amide bonds. The molecule has 4 aromatic heterocycles. The molecule has 0 saturated heterocycles. The van der Waals surface area contributed by atoms with E-state index >= 15 is 0 Å². The molecule has 33 heavy (non-hydrogen) atoms. The fourth-order valence-electron chi connectivity index (χ4n) is 3.98. The van der Waals surface area contributed by atoms with Gasteiger partial charge in [0.05, 0.1) is 46.2 Å². The highest BCUT2D eigenvalue weighted by molar-refractivity contribution is 7.18. The maximum absolute atomic E-state index is 12.9. The zero-order chi connectivity index (χ0) is 23.1. The van der Waals surface area contributed by atoms with Crippen LogP contribution in [-0.2, 0) is 0 Å². The quantitative estimate of drug-likeness (QED) is 0.420. The van der Waals surface area contributed by atoms with Gasteiger partial charge in [0.1, 0.15) is 10.3 Å². The topological polar surface area (TPSA) is 114 Å². The number of halogens is 1. The largest absolute Gasteiger partial charge is 0.323 e. The SMILES string of the molecule is Cc1nc2c(C(C3CC3)N(C)C)c(NC(=O)Nc3cnc(-n4nccn4)c(Cl)c3)cnc2s1. The minimum atomic E-state index is -0.416. The number of hydrogen-bond donors (Lipinski definition) is 2. The molecule has 0 bridgehead atoms. The molecule has 170 valence electrons. The molecule has 1 fully saturated rings. The maximum Gasteiger partial charge on any atom is 0.323 e. The molecule has 1 aliphatic rings. The molecule has 1 saturated carbocycles. The summed E-state index contributed by atoms with van der Waals surface area (Å²) in [6.45, 7) is 1.97. The summed E-state index contributed by atoms with van der Waals surface area (Å²) >= 11 is 7.87. The van der Waals surface area contributed by atoms with Gasteiger partial charge < -0.3 is 15.5 Å². The van der Waals surface area contributed by atoms with E-state index in [0.29, 0.717) is 28.1 Å². The number of nitrogens with zero attached hydrogens (tertiary/aromatic N) is 7. The fraction of sp³-hybridized carbons (Fsp3) is 0.333. The number of anilines is 2. The van der Waals surface area contributed by atoms with E-state index in [2.05, 4.69) is 49.8 Å². The average molecular weight is 484 g/mol. The Morgan fingerprint density at radius 1 is 1.21 bits per heavy atom. The van der Waals surface area contributed by atoms with Gasteiger partial charge in [-0.15, -0.1) is 4.80 Å². The van der Waals surface area contributed by atoms with E-state index in [9.17, 15) is 4.79 Å². The van der Waals surface area contributed by atoms with E-state index in [4.69, 9.17) is 16.6 Å². The summed E-state index contributed by atoms with van der Waals surface area (Å²) < 4.78 is 0. The van der Waals surface area contributed by atoms with Crippen molar-refractivity contribution in [1.82, 2.24) is 34.8 Å². The number of pyridine rings is 2. The summed E-state index contributed by atoms with van der Waals surface area (Å²) in [7, 11) is 4.12. The van der Waals surface area contributed by atoms with Crippen molar-refractivity contribution < 1.29 is 4.79 Å². The summed E-state index contributed by atoms with van der Waals surface area (Å²) in [5.74, 6) is 0.907. The van der Waals surface area contributed by atoms with Crippen molar-refractivity contribution in [3.8, 4) is 5.82 Å². The third-order valence-electron chi connectivity index (χ3n) is 5.43. The van der Waals surface area contributed by atoms with E-state index in [1.165, 1.54) is 23.4 Å². The average Bonchev–Trinajstić information content (AvgIpc) is 3.28. The highest BCUT2D eigenvalue weighted by atomic mass is 35.5. The Labute approximate surface area is 199 Å². The lowest BCUT2D eigenvalue weighted by atomic mass is 9.99. The van der Waals surface area contributed by atoms with Crippen LogP contribution >= 0.6 is 22.9 Å². The minimum absolute atomic E-state index is 0.143. The van der Waals surface area contributed by atoms with Crippen molar-refractivity contribution in [3.63, 3.8) is 0 Å². The normalized spacial score (nSPS) is 14.6. The van der Waals surface area contributed by atoms with Crippen LogP contribution < -0.4 is 10.6 Å². The van der Waals surface area contributed by atoms with Gasteiger partial charge in [0.25, 0.3) is 0 Å². The second kappa shape index (κ2) is 8.65. The predicted octanol–water partition coefficient (Wildman–Crippen LogP) is 4.29. The van der Waals surface area contributed by atoms with Crippen molar-refractivity contribution in [2.24, 2.45) is 5.92 Å². The Bertz CT molecular complexity index is 1320. The molecule has 1 aliphatic carbocycles. The highest BCUT2D eigenvalue weighted by Gasteiger charge is 2.37. The fourth-order valence-corrected chi connectivity index (χ4v) is 5.00. The molecule has 0 aromatic carbocycles. The van der Waals surface area contributed by atoms with Crippen LogP contribution in [0.5, 0.6) is 0 Å². The smallest absolute Gasteiger partial charge is 0.306 e. The van der Waals surface area contributed by atoms with Gasteiger partial charge in [-0.3, -0.25) is 0 Å². The molecule has 10 nitrogen and oxygen atoms in total. The lowest BCUT2D eigenvalue weighted by Gasteiger charge is -2.27. The number of urea groups is 1. The van der Waals surface area contributed by atoms with Crippen LogP contribution in [0.1, 0.15) is 29.5 Å². The molecular formula is C21H22ClN9OS. The summed E-state index contributed by atoms with van der Waals surface area (Å²) in [5.41, 5.74) is 2.94. The molecule has 5 rings (SSSR count). The molecular weight excluding hydrogens is 462 g/mol. The van der Waals surface area contributed by atoms with E-state index in [-0.39, 0.29) is 6.04 Å². The second-order valence-electron chi connectivity index (χ2n) is 8.15.